The van der Waals surface area contributed by atoms with Crippen LogP contribution in [0.3, 0.4) is 0 Å². The molecule has 6 heteroatoms. The van der Waals surface area contributed by atoms with E-state index in [0.717, 1.165) is 35.0 Å². The zero-order chi connectivity index (χ0) is 15.5. The Bertz CT molecular complexity index is 653. The zero-order valence-electron chi connectivity index (χ0n) is 12.6. The highest BCUT2D eigenvalue weighted by molar-refractivity contribution is 9.10. The number of aromatic nitrogens is 2. The number of rotatable bonds is 3. The first-order valence-electron chi connectivity index (χ1n) is 7.51. The Kier molecular flexibility index (Phi) is 4.47. The zero-order valence-corrected chi connectivity index (χ0v) is 14.2. The molecule has 2 heterocycles. The van der Waals surface area contributed by atoms with Crippen molar-refractivity contribution in [3.05, 3.63) is 35.1 Å². The smallest absolute Gasteiger partial charge is 0.159 e. The number of nitrogens with two attached hydrogens (primary N) is 1. The molecule has 116 valence electrons. The number of halogens is 1. The van der Waals surface area contributed by atoms with Gasteiger partial charge in [0.25, 0.3) is 0 Å². The maximum Gasteiger partial charge on any atom is 0.159 e. The number of nitrogen functional groups attached to an aromatic ring is 1. The number of nitrogens with one attached hydrogen (secondary N) is 1. The van der Waals surface area contributed by atoms with Crippen LogP contribution in [0.4, 0.5) is 23.0 Å². The SMILES string of the molecule is CC1CCN(c2ncnc(Nc3cccc(Br)c3)c2N)CC1. The molecular formula is C16H20BrN5. The molecule has 22 heavy (non-hydrogen) atoms. The highest BCUT2D eigenvalue weighted by Crippen LogP contribution is 2.31. The summed E-state index contributed by atoms with van der Waals surface area (Å²) in [7, 11) is 0. The van der Waals surface area contributed by atoms with Gasteiger partial charge >= 0.3 is 0 Å². The summed E-state index contributed by atoms with van der Waals surface area (Å²) in [6.07, 6.45) is 3.93. The molecule has 5 nitrogen and oxygen atoms in total. The van der Waals surface area contributed by atoms with Crippen LogP contribution in [0, 0.1) is 5.92 Å². The molecule has 0 aliphatic carbocycles. The van der Waals surface area contributed by atoms with E-state index in [0.29, 0.717) is 11.5 Å². The molecule has 1 aromatic carbocycles. The van der Waals surface area contributed by atoms with Gasteiger partial charge in [-0.2, -0.15) is 0 Å². The van der Waals surface area contributed by atoms with Crippen molar-refractivity contribution in [2.24, 2.45) is 5.92 Å². The van der Waals surface area contributed by atoms with Gasteiger partial charge in [-0.1, -0.05) is 28.9 Å². The molecule has 0 atom stereocenters. The summed E-state index contributed by atoms with van der Waals surface area (Å²) in [5.74, 6) is 2.26. The van der Waals surface area contributed by atoms with E-state index in [1.165, 1.54) is 12.8 Å². The van der Waals surface area contributed by atoms with Crippen molar-refractivity contribution in [2.75, 3.05) is 29.0 Å². The summed E-state index contributed by atoms with van der Waals surface area (Å²) in [6.45, 7) is 4.29. The second-order valence-electron chi connectivity index (χ2n) is 5.76. The van der Waals surface area contributed by atoms with Gasteiger partial charge in [0.1, 0.15) is 12.0 Å². The molecule has 0 bridgehead atoms. The van der Waals surface area contributed by atoms with Crippen molar-refractivity contribution in [1.29, 1.82) is 0 Å². The lowest BCUT2D eigenvalue weighted by Crippen LogP contribution is -2.34. The van der Waals surface area contributed by atoms with Crippen molar-refractivity contribution in [3.8, 4) is 0 Å². The molecule has 1 saturated heterocycles. The summed E-state index contributed by atoms with van der Waals surface area (Å²) in [6, 6.07) is 7.92. The van der Waals surface area contributed by atoms with Crippen LogP contribution in [-0.4, -0.2) is 23.1 Å². The van der Waals surface area contributed by atoms with Gasteiger partial charge in [-0.3, -0.25) is 0 Å². The highest BCUT2D eigenvalue weighted by Gasteiger charge is 2.20. The van der Waals surface area contributed by atoms with Crippen LogP contribution in [0.25, 0.3) is 0 Å². The van der Waals surface area contributed by atoms with Crippen molar-refractivity contribution in [3.63, 3.8) is 0 Å². The molecule has 0 radical (unpaired) electrons. The Hall–Kier alpha value is -1.82. The Balaban J connectivity index is 1.83. The minimum absolute atomic E-state index is 0.608. The fourth-order valence-electron chi connectivity index (χ4n) is 2.66. The number of piperidine rings is 1. The summed E-state index contributed by atoms with van der Waals surface area (Å²) in [5.41, 5.74) is 7.84. The third-order valence-corrected chi connectivity index (χ3v) is 4.53. The Morgan fingerprint density at radius 3 is 2.77 bits per heavy atom. The average molecular weight is 362 g/mol. The van der Waals surface area contributed by atoms with E-state index >= 15 is 0 Å². The number of hydrogen-bond acceptors (Lipinski definition) is 5. The van der Waals surface area contributed by atoms with Gasteiger partial charge in [0.15, 0.2) is 11.6 Å². The highest BCUT2D eigenvalue weighted by atomic mass is 79.9. The number of anilines is 4. The standard InChI is InChI=1S/C16H20BrN5/c1-11-5-7-22(8-6-11)16-14(18)15(19-10-20-16)21-13-4-2-3-12(17)9-13/h2-4,9-11H,5-8,18H2,1H3,(H,19,20,21). The summed E-state index contributed by atoms with van der Waals surface area (Å²) >= 11 is 3.46. The van der Waals surface area contributed by atoms with Crippen LogP contribution in [0.5, 0.6) is 0 Å². The van der Waals surface area contributed by atoms with E-state index in [4.69, 9.17) is 5.73 Å². The summed E-state index contributed by atoms with van der Waals surface area (Å²) in [5, 5.41) is 3.27. The second-order valence-corrected chi connectivity index (χ2v) is 6.68. The van der Waals surface area contributed by atoms with Crippen LogP contribution in [0.2, 0.25) is 0 Å². The van der Waals surface area contributed by atoms with E-state index in [9.17, 15) is 0 Å². The molecule has 0 saturated carbocycles. The lowest BCUT2D eigenvalue weighted by Gasteiger charge is -2.32. The lowest BCUT2D eigenvalue weighted by atomic mass is 9.99. The second kappa shape index (κ2) is 6.52. The molecule has 0 unspecified atom stereocenters. The maximum absolute atomic E-state index is 6.29. The van der Waals surface area contributed by atoms with Crippen molar-refractivity contribution < 1.29 is 0 Å². The molecule has 1 aromatic heterocycles. The van der Waals surface area contributed by atoms with Crippen LogP contribution in [-0.2, 0) is 0 Å². The van der Waals surface area contributed by atoms with Gasteiger partial charge in [0.05, 0.1) is 0 Å². The Labute approximate surface area is 139 Å². The van der Waals surface area contributed by atoms with E-state index in [1.54, 1.807) is 6.33 Å². The first-order valence-corrected chi connectivity index (χ1v) is 8.31. The quantitative estimate of drug-likeness (QED) is 0.869. The first kappa shape index (κ1) is 15.1. The topological polar surface area (TPSA) is 67.1 Å². The van der Waals surface area contributed by atoms with Gasteiger partial charge in [-0.05, 0) is 37.0 Å². The number of benzene rings is 1. The van der Waals surface area contributed by atoms with Gasteiger partial charge in [-0.25, -0.2) is 9.97 Å². The largest absolute Gasteiger partial charge is 0.393 e. The number of hydrogen-bond donors (Lipinski definition) is 2. The lowest BCUT2D eigenvalue weighted by molar-refractivity contribution is 0.437. The molecule has 1 fully saturated rings. The van der Waals surface area contributed by atoms with Gasteiger partial charge < -0.3 is 16.0 Å². The molecule has 1 aliphatic heterocycles. The van der Waals surface area contributed by atoms with Crippen LogP contribution in [0.15, 0.2) is 35.1 Å². The molecule has 3 rings (SSSR count). The van der Waals surface area contributed by atoms with Crippen LogP contribution in [0.1, 0.15) is 19.8 Å². The maximum atomic E-state index is 6.29. The van der Waals surface area contributed by atoms with E-state index in [-0.39, 0.29) is 0 Å². The third-order valence-electron chi connectivity index (χ3n) is 4.03. The van der Waals surface area contributed by atoms with Crippen LogP contribution >= 0.6 is 15.9 Å². The van der Waals surface area contributed by atoms with E-state index in [1.807, 2.05) is 24.3 Å². The van der Waals surface area contributed by atoms with Gasteiger partial charge in [0, 0.05) is 23.2 Å². The van der Waals surface area contributed by atoms with E-state index < -0.39 is 0 Å². The predicted octanol–water partition coefficient (Wildman–Crippen LogP) is 3.80. The van der Waals surface area contributed by atoms with Crippen molar-refractivity contribution in [2.45, 2.75) is 19.8 Å². The van der Waals surface area contributed by atoms with Crippen LogP contribution < -0.4 is 16.0 Å². The first-order chi connectivity index (χ1) is 10.6. The molecule has 0 spiro atoms. The summed E-state index contributed by atoms with van der Waals surface area (Å²) in [4.78, 5) is 10.9. The molecule has 3 N–H and O–H groups in total. The Morgan fingerprint density at radius 2 is 2.05 bits per heavy atom. The predicted molar refractivity (Wildman–Crippen MR) is 94.5 cm³/mol. The average Bonchev–Trinajstić information content (AvgIpc) is 2.51. The van der Waals surface area contributed by atoms with Crippen molar-refractivity contribution in [1.82, 2.24) is 9.97 Å². The molecular weight excluding hydrogens is 342 g/mol. The molecule has 2 aromatic rings. The monoisotopic (exact) mass is 361 g/mol. The number of nitrogens with zero attached hydrogens (tertiary/aromatic N) is 3. The van der Waals surface area contributed by atoms with Crippen molar-refractivity contribution >= 4 is 38.9 Å². The van der Waals surface area contributed by atoms with Gasteiger partial charge in [-0.15, -0.1) is 0 Å². The summed E-state index contributed by atoms with van der Waals surface area (Å²) < 4.78 is 1.01. The molecule has 0 amide bonds. The fraction of sp³-hybridized carbons (Fsp3) is 0.375. The minimum atomic E-state index is 0.608. The minimum Gasteiger partial charge on any atom is -0.393 e. The Morgan fingerprint density at radius 1 is 1.27 bits per heavy atom. The van der Waals surface area contributed by atoms with E-state index in [2.05, 4.69) is 43.0 Å². The fourth-order valence-corrected chi connectivity index (χ4v) is 3.06. The molecule has 1 aliphatic rings. The third kappa shape index (κ3) is 3.32. The van der Waals surface area contributed by atoms with Gasteiger partial charge in [0.2, 0.25) is 0 Å². The normalized spacial score (nSPS) is 15.8.